The maximum atomic E-state index is 13.9. The fourth-order valence-corrected chi connectivity index (χ4v) is 6.32. The fourth-order valence-electron chi connectivity index (χ4n) is 5.09. The van der Waals surface area contributed by atoms with Crippen LogP contribution in [0.2, 0.25) is 0 Å². The van der Waals surface area contributed by atoms with E-state index < -0.39 is 5.92 Å². The highest BCUT2D eigenvalue weighted by atomic mass is 79.9. The Morgan fingerprint density at radius 3 is 2.05 bits per heavy atom. The van der Waals surface area contributed by atoms with Gasteiger partial charge in [-0.2, -0.15) is 5.10 Å². The normalized spacial score (nSPS) is 12.3. The molecule has 1 aromatic heterocycles. The Morgan fingerprint density at radius 2 is 1.36 bits per heavy atom. The molecule has 0 saturated carbocycles. The maximum absolute atomic E-state index is 13.9. The summed E-state index contributed by atoms with van der Waals surface area (Å²) in [5, 5.41) is 16.8. The minimum Gasteiger partial charge on any atom is -0.499 e. The molecule has 4 nitrogen and oxygen atoms in total. The van der Waals surface area contributed by atoms with Gasteiger partial charge < -0.3 is 5.11 Å². The van der Waals surface area contributed by atoms with E-state index in [0.29, 0.717) is 17.4 Å². The molecule has 0 fully saturated rings. The second-order valence-electron chi connectivity index (χ2n) is 9.93. The molecule has 6 aromatic rings. The van der Waals surface area contributed by atoms with Crippen LogP contribution < -0.4 is 10.9 Å². The Bertz CT molecular complexity index is 1900. The van der Waals surface area contributed by atoms with Crippen LogP contribution in [0, 0.1) is 0 Å². The molecule has 6 rings (SSSR count). The van der Waals surface area contributed by atoms with E-state index in [1.165, 1.54) is 11.3 Å². The van der Waals surface area contributed by atoms with Crippen molar-refractivity contribution in [1.29, 1.82) is 0 Å². The number of para-hydroxylation sites is 1. The molecule has 0 aliphatic rings. The van der Waals surface area contributed by atoms with Crippen molar-refractivity contribution in [3.8, 4) is 16.2 Å². The van der Waals surface area contributed by atoms with Crippen molar-refractivity contribution in [1.82, 2.24) is 0 Å². The number of hydrazone groups is 1. The Kier molecular flexibility index (Phi) is 8.26. The van der Waals surface area contributed by atoms with Crippen LogP contribution in [0.5, 0.6) is 5.06 Å². The third kappa shape index (κ3) is 6.05. The summed E-state index contributed by atoms with van der Waals surface area (Å²) in [4.78, 5) is 13.9. The van der Waals surface area contributed by atoms with Crippen LogP contribution in [0.3, 0.4) is 0 Å². The average molecular weight is 632 g/mol. The fraction of sp³-hybridized carbons (Fsp3) is 0.0556. The lowest BCUT2D eigenvalue weighted by molar-refractivity contribution is 0.480. The quantitative estimate of drug-likeness (QED) is 0.130. The third-order valence-corrected chi connectivity index (χ3v) is 8.77. The van der Waals surface area contributed by atoms with Crippen LogP contribution in [0.1, 0.15) is 29.0 Å². The summed E-state index contributed by atoms with van der Waals surface area (Å²) in [7, 11) is 0. The van der Waals surface area contributed by atoms with Crippen LogP contribution in [-0.4, -0.2) is 10.8 Å². The van der Waals surface area contributed by atoms with E-state index in [-0.39, 0.29) is 10.5 Å². The largest absolute Gasteiger partial charge is 0.499 e. The predicted octanol–water partition coefficient (Wildman–Crippen LogP) is 9.43. The van der Waals surface area contributed by atoms with Crippen LogP contribution in [0.25, 0.3) is 21.2 Å². The standard InChI is InChI=1S/C36H27BrN2O2S/c37-28-21-19-25(20-22-28)24-15-17-27(18-16-24)32(39-38-29-11-5-2-6-12-29)23-31(26-9-3-1-4-10-26)34-35(40)30-13-7-8-14-33(30)42-36(34)41/h1-22,31,38,41H,23H2/b39-32-. The van der Waals surface area contributed by atoms with E-state index in [4.69, 9.17) is 5.10 Å². The molecule has 6 heteroatoms. The highest BCUT2D eigenvalue weighted by Gasteiger charge is 2.26. The summed E-state index contributed by atoms with van der Waals surface area (Å²) in [6.07, 6.45) is 0.398. The van der Waals surface area contributed by atoms with Gasteiger partial charge in [-0.05, 0) is 58.7 Å². The molecule has 5 aromatic carbocycles. The van der Waals surface area contributed by atoms with Gasteiger partial charge >= 0.3 is 0 Å². The van der Waals surface area contributed by atoms with E-state index in [9.17, 15) is 9.90 Å². The molecule has 0 aliphatic heterocycles. The summed E-state index contributed by atoms with van der Waals surface area (Å²) < 4.78 is 1.80. The summed E-state index contributed by atoms with van der Waals surface area (Å²) >= 11 is 4.74. The Morgan fingerprint density at radius 1 is 0.762 bits per heavy atom. The SMILES string of the molecule is O=c1c(C(C/C(=N/Nc2ccccc2)c2ccc(-c3ccc(Br)cc3)cc2)c2ccccc2)c(O)sc2ccccc12. The minimum atomic E-state index is -0.415. The molecule has 0 bridgehead atoms. The van der Waals surface area contributed by atoms with Crippen LogP contribution in [0.15, 0.2) is 148 Å². The van der Waals surface area contributed by atoms with E-state index in [0.717, 1.165) is 42.8 Å². The van der Waals surface area contributed by atoms with Crippen molar-refractivity contribution >= 4 is 48.8 Å². The van der Waals surface area contributed by atoms with Crippen LogP contribution in [0.4, 0.5) is 5.69 Å². The molecule has 2 N–H and O–H groups in total. The van der Waals surface area contributed by atoms with E-state index in [1.807, 2.05) is 97.1 Å². The molecule has 1 unspecified atom stereocenters. The number of hydrogen-bond acceptors (Lipinski definition) is 5. The molecular formula is C36H27BrN2O2S. The van der Waals surface area contributed by atoms with E-state index in [1.54, 1.807) is 0 Å². The highest BCUT2D eigenvalue weighted by Crippen LogP contribution is 2.38. The zero-order valence-corrected chi connectivity index (χ0v) is 25.0. The molecule has 0 aliphatic carbocycles. The number of fused-ring (bicyclic) bond motifs is 1. The second kappa shape index (κ2) is 12.6. The van der Waals surface area contributed by atoms with Gasteiger partial charge in [0.05, 0.1) is 17.0 Å². The lowest BCUT2D eigenvalue weighted by Gasteiger charge is -2.20. The first-order valence-electron chi connectivity index (χ1n) is 13.6. The number of halogens is 1. The molecular weight excluding hydrogens is 604 g/mol. The van der Waals surface area contributed by atoms with Gasteiger partial charge in [-0.15, -0.1) is 0 Å². The molecule has 42 heavy (non-hydrogen) atoms. The number of aromatic hydroxyl groups is 1. The van der Waals surface area contributed by atoms with Crippen molar-refractivity contribution < 1.29 is 5.11 Å². The number of anilines is 1. The number of nitrogens with zero attached hydrogens (tertiary/aromatic N) is 1. The van der Waals surface area contributed by atoms with Crippen molar-refractivity contribution in [2.75, 3.05) is 5.43 Å². The lowest BCUT2D eigenvalue weighted by atomic mass is 9.85. The minimum absolute atomic E-state index is 0.0357. The third-order valence-electron chi connectivity index (χ3n) is 7.25. The zero-order chi connectivity index (χ0) is 28.9. The number of nitrogens with one attached hydrogen (secondary N) is 1. The van der Waals surface area contributed by atoms with Gasteiger partial charge in [-0.3, -0.25) is 10.2 Å². The first kappa shape index (κ1) is 27.6. The smallest absolute Gasteiger partial charge is 0.195 e. The Balaban J connectivity index is 1.45. The first-order chi connectivity index (χ1) is 20.6. The molecule has 0 amide bonds. The molecule has 0 radical (unpaired) electrons. The van der Waals surface area contributed by atoms with Crippen molar-refractivity contribution in [3.05, 3.63) is 165 Å². The highest BCUT2D eigenvalue weighted by molar-refractivity contribution is 9.10. The summed E-state index contributed by atoms with van der Waals surface area (Å²) in [6, 6.07) is 43.6. The summed E-state index contributed by atoms with van der Waals surface area (Å²) in [6.45, 7) is 0. The van der Waals surface area contributed by atoms with E-state index >= 15 is 0 Å². The lowest BCUT2D eigenvalue weighted by Crippen LogP contribution is -2.18. The number of benzene rings is 5. The van der Waals surface area contributed by atoms with E-state index in [2.05, 4.69) is 57.8 Å². The topological polar surface area (TPSA) is 61.7 Å². The van der Waals surface area contributed by atoms with Gasteiger partial charge in [-0.1, -0.05) is 124 Å². The van der Waals surface area contributed by atoms with Crippen molar-refractivity contribution in [2.24, 2.45) is 5.10 Å². The summed E-state index contributed by atoms with van der Waals surface area (Å²) in [5.41, 5.74) is 9.15. The Hall–Kier alpha value is -4.52. The van der Waals surface area contributed by atoms with Gasteiger partial charge in [0.1, 0.15) is 0 Å². The maximum Gasteiger partial charge on any atom is 0.195 e. The molecule has 0 spiro atoms. The first-order valence-corrected chi connectivity index (χ1v) is 15.2. The van der Waals surface area contributed by atoms with Gasteiger partial charge in [0.25, 0.3) is 0 Å². The predicted molar refractivity (Wildman–Crippen MR) is 179 cm³/mol. The van der Waals surface area contributed by atoms with Crippen molar-refractivity contribution in [3.63, 3.8) is 0 Å². The van der Waals surface area contributed by atoms with Crippen LogP contribution in [-0.2, 0) is 0 Å². The molecule has 1 atom stereocenters. The monoisotopic (exact) mass is 630 g/mol. The molecule has 1 heterocycles. The molecule has 0 saturated heterocycles. The van der Waals surface area contributed by atoms with Gasteiger partial charge in [0, 0.05) is 26.9 Å². The van der Waals surface area contributed by atoms with Gasteiger partial charge in [-0.25, -0.2) is 0 Å². The van der Waals surface area contributed by atoms with Crippen molar-refractivity contribution in [2.45, 2.75) is 12.3 Å². The summed E-state index contributed by atoms with van der Waals surface area (Å²) in [5.74, 6) is -0.415. The number of rotatable bonds is 8. The van der Waals surface area contributed by atoms with Crippen LogP contribution >= 0.6 is 27.3 Å². The second-order valence-corrected chi connectivity index (χ2v) is 11.9. The average Bonchev–Trinajstić information content (AvgIpc) is 3.03. The zero-order valence-electron chi connectivity index (χ0n) is 22.6. The number of hydrogen-bond donors (Lipinski definition) is 2. The van der Waals surface area contributed by atoms with Gasteiger partial charge in [0.2, 0.25) is 0 Å². The van der Waals surface area contributed by atoms with Gasteiger partial charge in [0.15, 0.2) is 10.5 Å². The Labute approximate surface area is 256 Å². The molecule has 206 valence electrons.